The van der Waals surface area contributed by atoms with Crippen LogP contribution in [0.4, 0.5) is 0 Å². The fourth-order valence-corrected chi connectivity index (χ4v) is 2.09. The first-order valence-corrected chi connectivity index (χ1v) is 6.19. The third-order valence-electron chi connectivity index (χ3n) is 3.00. The zero-order chi connectivity index (χ0) is 13.0. The fraction of sp³-hybridized carbons (Fsp3) is 0.333. The maximum absolute atomic E-state index is 5.75. The molecule has 0 spiro atoms. The van der Waals surface area contributed by atoms with E-state index in [1.807, 2.05) is 25.1 Å². The van der Waals surface area contributed by atoms with E-state index in [0.717, 1.165) is 24.6 Å². The van der Waals surface area contributed by atoms with Gasteiger partial charge in [-0.1, -0.05) is 24.3 Å². The highest BCUT2D eigenvalue weighted by Crippen LogP contribution is 2.13. The van der Waals surface area contributed by atoms with Crippen molar-refractivity contribution in [1.29, 1.82) is 0 Å². The molecule has 0 aliphatic carbocycles. The Kier molecular flexibility index (Phi) is 4.18. The summed E-state index contributed by atoms with van der Waals surface area (Å²) in [5, 5.41) is 0. The molecule has 0 radical (unpaired) electrons. The highest BCUT2D eigenvalue weighted by molar-refractivity contribution is 5.26. The van der Waals surface area contributed by atoms with E-state index in [2.05, 4.69) is 30.1 Å². The van der Waals surface area contributed by atoms with E-state index in [9.17, 15) is 0 Å². The summed E-state index contributed by atoms with van der Waals surface area (Å²) in [6, 6.07) is 12.3. The second-order valence-corrected chi connectivity index (χ2v) is 4.66. The van der Waals surface area contributed by atoms with Crippen molar-refractivity contribution in [2.75, 3.05) is 7.05 Å². The molecule has 0 unspecified atom stereocenters. The monoisotopic (exact) mass is 244 g/mol. The van der Waals surface area contributed by atoms with Gasteiger partial charge in [-0.3, -0.25) is 4.90 Å². The topological polar surface area (TPSA) is 42.4 Å². The van der Waals surface area contributed by atoms with Gasteiger partial charge in [-0.15, -0.1) is 0 Å². The molecule has 0 aliphatic rings. The van der Waals surface area contributed by atoms with Gasteiger partial charge in [0.05, 0.1) is 6.54 Å². The lowest BCUT2D eigenvalue weighted by molar-refractivity contribution is 0.284. The Morgan fingerprint density at radius 2 is 1.78 bits per heavy atom. The summed E-state index contributed by atoms with van der Waals surface area (Å²) in [4.78, 5) is 2.23. The maximum Gasteiger partial charge on any atom is 0.118 e. The predicted molar refractivity (Wildman–Crippen MR) is 72.9 cm³/mol. The fourth-order valence-electron chi connectivity index (χ4n) is 2.09. The molecule has 0 atom stereocenters. The molecule has 1 aromatic heterocycles. The van der Waals surface area contributed by atoms with Gasteiger partial charge in [-0.05, 0) is 37.2 Å². The van der Waals surface area contributed by atoms with Gasteiger partial charge in [0.2, 0.25) is 0 Å². The summed E-state index contributed by atoms with van der Waals surface area (Å²) in [7, 11) is 2.09. The molecule has 0 amide bonds. The van der Waals surface area contributed by atoms with E-state index in [1.54, 1.807) is 0 Å². The van der Waals surface area contributed by atoms with E-state index in [0.29, 0.717) is 6.54 Å². The quantitative estimate of drug-likeness (QED) is 0.879. The molecule has 18 heavy (non-hydrogen) atoms. The second kappa shape index (κ2) is 5.85. The number of furan rings is 1. The first-order chi connectivity index (χ1) is 8.69. The molecule has 0 aliphatic heterocycles. The molecule has 2 aromatic rings. The Labute approximate surface area is 108 Å². The van der Waals surface area contributed by atoms with Gasteiger partial charge in [0.25, 0.3) is 0 Å². The molecule has 2 N–H and O–H groups in total. The van der Waals surface area contributed by atoms with Crippen LogP contribution < -0.4 is 5.73 Å². The van der Waals surface area contributed by atoms with Gasteiger partial charge in [0.1, 0.15) is 11.5 Å². The van der Waals surface area contributed by atoms with E-state index in [1.165, 1.54) is 11.1 Å². The first kappa shape index (κ1) is 12.9. The largest absolute Gasteiger partial charge is 0.465 e. The smallest absolute Gasteiger partial charge is 0.118 e. The van der Waals surface area contributed by atoms with Gasteiger partial charge in [0.15, 0.2) is 0 Å². The normalized spacial score (nSPS) is 11.1. The Hall–Kier alpha value is -1.58. The van der Waals surface area contributed by atoms with Gasteiger partial charge in [-0.2, -0.15) is 0 Å². The number of aryl methyl sites for hydroxylation is 1. The molecule has 3 heteroatoms. The minimum absolute atomic E-state index is 0.587. The highest BCUT2D eigenvalue weighted by Gasteiger charge is 2.07. The van der Waals surface area contributed by atoms with Gasteiger partial charge in [-0.25, -0.2) is 0 Å². The Morgan fingerprint density at radius 3 is 2.39 bits per heavy atom. The van der Waals surface area contributed by atoms with Crippen molar-refractivity contribution in [1.82, 2.24) is 4.90 Å². The molecule has 0 saturated carbocycles. The van der Waals surface area contributed by atoms with Crippen molar-refractivity contribution in [2.24, 2.45) is 5.73 Å². The van der Waals surface area contributed by atoms with Crippen LogP contribution in [0.1, 0.15) is 22.6 Å². The van der Waals surface area contributed by atoms with Crippen LogP contribution in [0.5, 0.6) is 0 Å². The lowest BCUT2D eigenvalue weighted by Crippen LogP contribution is -2.18. The number of hydrogen-bond acceptors (Lipinski definition) is 3. The zero-order valence-corrected chi connectivity index (χ0v) is 11.0. The minimum Gasteiger partial charge on any atom is -0.465 e. The summed E-state index contributed by atoms with van der Waals surface area (Å²) < 4.78 is 5.58. The summed E-state index contributed by atoms with van der Waals surface area (Å²) in [5.74, 6) is 1.96. The van der Waals surface area contributed by atoms with Crippen LogP contribution in [0.2, 0.25) is 0 Å². The molecule has 0 bridgehead atoms. The van der Waals surface area contributed by atoms with Crippen LogP contribution in [-0.4, -0.2) is 11.9 Å². The molecule has 0 fully saturated rings. The molecular weight excluding hydrogens is 224 g/mol. The van der Waals surface area contributed by atoms with Crippen LogP contribution in [0.25, 0.3) is 0 Å². The zero-order valence-electron chi connectivity index (χ0n) is 11.0. The number of hydrogen-bond donors (Lipinski definition) is 1. The standard InChI is InChI=1S/C15H20N2O/c1-12-7-8-15(18-12)11-17(2)10-14-6-4-3-5-13(14)9-16/h3-8H,9-11,16H2,1-2H3. The van der Waals surface area contributed by atoms with Crippen LogP contribution in [-0.2, 0) is 19.6 Å². The van der Waals surface area contributed by atoms with Crippen molar-refractivity contribution < 1.29 is 4.42 Å². The van der Waals surface area contributed by atoms with Gasteiger partial charge >= 0.3 is 0 Å². The number of rotatable bonds is 5. The molecule has 3 nitrogen and oxygen atoms in total. The highest BCUT2D eigenvalue weighted by atomic mass is 16.3. The number of nitrogens with two attached hydrogens (primary N) is 1. The average molecular weight is 244 g/mol. The Bertz CT molecular complexity index is 505. The third-order valence-corrected chi connectivity index (χ3v) is 3.00. The second-order valence-electron chi connectivity index (χ2n) is 4.66. The van der Waals surface area contributed by atoms with Crippen LogP contribution in [0.3, 0.4) is 0 Å². The van der Waals surface area contributed by atoms with Crippen molar-refractivity contribution in [3.8, 4) is 0 Å². The van der Waals surface area contributed by atoms with E-state index < -0.39 is 0 Å². The molecule has 1 heterocycles. The van der Waals surface area contributed by atoms with Crippen molar-refractivity contribution in [2.45, 2.75) is 26.6 Å². The number of benzene rings is 1. The molecule has 0 saturated heterocycles. The number of nitrogens with zero attached hydrogens (tertiary/aromatic N) is 1. The molecule has 2 rings (SSSR count). The lowest BCUT2D eigenvalue weighted by Gasteiger charge is -2.17. The van der Waals surface area contributed by atoms with Crippen LogP contribution in [0, 0.1) is 6.92 Å². The third kappa shape index (κ3) is 3.22. The van der Waals surface area contributed by atoms with Gasteiger partial charge in [0, 0.05) is 13.1 Å². The summed E-state index contributed by atoms with van der Waals surface area (Å²) in [6.07, 6.45) is 0. The lowest BCUT2D eigenvalue weighted by atomic mass is 10.1. The van der Waals surface area contributed by atoms with Crippen LogP contribution in [0.15, 0.2) is 40.8 Å². The Balaban J connectivity index is 2.00. The van der Waals surface area contributed by atoms with Crippen molar-refractivity contribution in [3.05, 3.63) is 59.0 Å². The summed E-state index contributed by atoms with van der Waals surface area (Å²) >= 11 is 0. The van der Waals surface area contributed by atoms with Gasteiger partial charge < -0.3 is 10.2 Å². The summed E-state index contributed by atoms with van der Waals surface area (Å²) in [6.45, 7) is 4.25. The van der Waals surface area contributed by atoms with E-state index in [4.69, 9.17) is 10.2 Å². The molecular formula is C15H20N2O. The van der Waals surface area contributed by atoms with E-state index in [-0.39, 0.29) is 0 Å². The predicted octanol–water partition coefficient (Wildman–Crippen LogP) is 2.68. The average Bonchev–Trinajstić information content (AvgIpc) is 2.75. The minimum atomic E-state index is 0.587. The SMILES string of the molecule is Cc1ccc(CN(C)Cc2ccccc2CN)o1. The molecule has 96 valence electrons. The van der Waals surface area contributed by atoms with E-state index >= 15 is 0 Å². The first-order valence-electron chi connectivity index (χ1n) is 6.19. The van der Waals surface area contributed by atoms with Crippen molar-refractivity contribution in [3.63, 3.8) is 0 Å². The van der Waals surface area contributed by atoms with Crippen molar-refractivity contribution >= 4 is 0 Å². The Morgan fingerprint density at radius 1 is 1.06 bits per heavy atom. The van der Waals surface area contributed by atoms with Crippen LogP contribution >= 0.6 is 0 Å². The maximum atomic E-state index is 5.75. The summed E-state index contributed by atoms with van der Waals surface area (Å²) in [5.41, 5.74) is 8.24. The molecule has 1 aromatic carbocycles.